The van der Waals surface area contributed by atoms with Gasteiger partial charge in [-0.05, 0) is 25.8 Å². The van der Waals surface area contributed by atoms with Gasteiger partial charge in [-0.15, -0.1) is 24.0 Å². The molecule has 3 N–H and O–H groups in total. The van der Waals surface area contributed by atoms with Crippen molar-refractivity contribution >= 4 is 41.5 Å². The number of guanidine groups is 1. The Hall–Kier alpha value is -0.840. The summed E-state index contributed by atoms with van der Waals surface area (Å²) < 4.78 is 11.1. The molecule has 0 spiro atoms. The second kappa shape index (κ2) is 12.5. The van der Waals surface area contributed by atoms with Gasteiger partial charge in [-0.25, -0.2) is 4.98 Å². The van der Waals surface area contributed by atoms with E-state index in [-0.39, 0.29) is 36.0 Å². The highest BCUT2D eigenvalue weighted by molar-refractivity contribution is 14.0. The topological polar surface area (TPSA) is 88.0 Å². The lowest BCUT2D eigenvalue weighted by molar-refractivity contribution is 0.131. The van der Waals surface area contributed by atoms with Crippen LogP contribution in [0.2, 0.25) is 5.02 Å². The third kappa shape index (κ3) is 7.81. The number of ether oxygens (including phenoxy) is 2. The predicted molar refractivity (Wildman–Crippen MR) is 114 cm³/mol. The van der Waals surface area contributed by atoms with E-state index in [2.05, 4.69) is 20.6 Å². The van der Waals surface area contributed by atoms with E-state index < -0.39 is 0 Å². The Morgan fingerprint density at radius 2 is 2.31 bits per heavy atom. The SMILES string of the molecule is CCNC(=NCC1(CCO)CCOC1)NCCOc1ccc(Cl)cn1.I. The number of aliphatic hydroxyl groups excluding tert-OH is 1. The molecule has 1 saturated heterocycles. The molecule has 1 atom stereocenters. The fourth-order valence-electron chi connectivity index (χ4n) is 2.65. The Bertz CT molecular complexity index is 539. The van der Waals surface area contributed by atoms with Crippen LogP contribution in [0.3, 0.4) is 0 Å². The normalized spacial score (nSPS) is 19.7. The van der Waals surface area contributed by atoms with Crippen molar-refractivity contribution in [1.82, 2.24) is 15.6 Å². The molecule has 9 heteroatoms. The van der Waals surface area contributed by atoms with Gasteiger partial charge in [-0.2, -0.15) is 0 Å². The number of nitrogens with zero attached hydrogens (tertiary/aromatic N) is 2. The Morgan fingerprint density at radius 3 is 2.92 bits per heavy atom. The van der Waals surface area contributed by atoms with Crippen LogP contribution in [0.1, 0.15) is 19.8 Å². The molecule has 1 aliphatic heterocycles. The van der Waals surface area contributed by atoms with E-state index in [0.717, 1.165) is 25.5 Å². The van der Waals surface area contributed by atoms with E-state index in [1.54, 1.807) is 18.3 Å². The maximum atomic E-state index is 9.29. The summed E-state index contributed by atoms with van der Waals surface area (Å²) in [5.41, 5.74) is -0.0547. The highest BCUT2D eigenvalue weighted by Crippen LogP contribution is 2.32. The van der Waals surface area contributed by atoms with Gasteiger partial charge >= 0.3 is 0 Å². The summed E-state index contributed by atoms with van der Waals surface area (Å²) >= 11 is 5.79. The van der Waals surface area contributed by atoms with Crippen LogP contribution in [-0.2, 0) is 4.74 Å². The molecule has 2 rings (SSSR count). The largest absolute Gasteiger partial charge is 0.476 e. The third-order valence-corrected chi connectivity index (χ3v) is 4.31. The van der Waals surface area contributed by atoms with Crippen molar-refractivity contribution in [2.75, 3.05) is 46.1 Å². The Labute approximate surface area is 176 Å². The van der Waals surface area contributed by atoms with Crippen molar-refractivity contribution in [3.05, 3.63) is 23.4 Å². The highest BCUT2D eigenvalue weighted by atomic mass is 127. The molecule has 1 aromatic heterocycles. The van der Waals surface area contributed by atoms with Gasteiger partial charge in [0.25, 0.3) is 0 Å². The number of hydrogen-bond donors (Lipinski definition) is 3. The maximum Gasteiger partial charge on any atom is 0.213 e. The second-order valence-electron chi connectivity index (χ2n) is 6.06. The van der Waals surface area contributed by atoms with Gasteiger partial charge in [0.2, 0.25) is 5.88 Å². The zero-order valence-electron chi connectivity index (χ0n) is 15.0. The molecule has 148 valence electrons. The van der Waals surface area contributed by atoms with E-state index in [9.17, 15) is 5.11 Å². The number of nitrogens with one attached hydrogen (secondary N) is 2. The molecule has 0 radical (unpaired) electrons. The molecule has 7 nitrogen and oxygen atoms in total. The van der Waals surface area contributed by atoms with Crippen LogP contribution in [0.5, 0.6) is 5.88 Å². The third-order valence-electron chi connectivity index (χ3n) is 4.09. The standard InChI is InChI=1S/C17H27ClN4O3.HI/c1-2-19-16(22-12-17(5-8-23)6-9-24-13-17)20-7-10-25-15-4-3-14(18)11-21-15;/h3-4,11,23H,2,5-10,12-13H2,1H3,(H2,19,20,22);1H. The molecule has 2 heterocycles. The Balaban J connectivity index is 0.00000338. The molecule has 0 aliphatic carbocycles. The quantitative estimate of drug-likeness (QED) is 0.209. The summed E-state index contributed by atoms with van der Waals surface area (Å²) in [5.74, 6) is 1.28. The van der Waals surface area contributed by atoms with Crippen molar-refractivity contribution in [2.45, 2.75) is 19.8 Å². The average Bonchev–Trinajstić information content (AvgIpc) is 3.07. The fraction of sp³-hybridized carbons (Fsp3) is 0.647. The van der Waals surface area contributed by atoms with Crippen molar-refractivity contribution in [2.24, 2.45) is 10.4 Å². The summed E-state index contributed by atoms with van der Waals surface area (Å²) in [7, 11) is 0. The van der Waals surface area contributed by atoms with E-state index >= 15 is 0 Å². The number of aliphatic imine (C=N–C) groups is 1. The molecule has 0 saturated carbocycles. The van der Waals surface area contributed by atoms with E-state index in [1.165, 1.54) is 0 Å². The van der Waals surface area contributed by atoms with Crippen LogP contribution in [0.4, 0.5) is 0 Å². The van der Waals surface area contributed by atoms with Crippen LogP contribution >= 0.6 is 35.6 Å². The average molecular weight is 499 g/mol. The predicted octanol–water partition coefficient (Wildman–Crippen LogP) is 2.08. The second-order valence-corrected chi connectivity index (χ2v) is 6.50. The number of aliphatic hydroxyl groups is 1. The van der Waals surface area contributed by atoms with E-state index in [4.69, 9.17) is 21.1 Å². The number of hydrogen-bond acceptors (Lipinski definition) is 5. The number of halogens is 2. The van der Waals surface area contributed by atoms with Crippen LogP contribution in [-0.4, -0.2) is 62.1 Å². The summed E-state index contributed by atoms with van der Waals surface area (Å²) in [6, 6.07) is 3.48. The smallest absolute Gasteiger partial charge is 0.213 e. The number of rotatable bonds is 9. The minimum absolute atomic E-state index is 0. The Morgan fingerprint density at radius 1 is 1.46 bits per heavy atom. The molecule has 1 unspecified atom stereocenters. The molecular weight excluding hydrogens is 471 g/mol. The summed E-state index contributed by atoms with van der Waals surface area (Å²) in [4.78, 5) is 8.74. The van der Waals surface area contributed by atoms with Crippen LogP contribution in [0, 0.1) is 5.41 Å². The lowest BCUT2D eigenvalue weighted by Crippen LogP contribution is -2.40. The zero-order chi connectivity index (χ0) is 18.0. The lowest BCUT2D eigenvalue weighted by atomic mass is 9.84. The molecule has 0 aromatic carbocycles. The van der Waals surface area contributed by atoms with Crippen LogP contribution in [0.25, 0.3) is 0 Å². The van der Waals surface area contributed by atoms with Gasteiger partial charge in [0.15, 0.2) is 5.96 Å². The Kier molecular flexibility index (Phi) is 11.2. The first kappa shape index (κ1) is 23.2. The number of pyridine rings is 1. The van der Waals surface area contributed by atoms with E-state index in [0.29, 0.717) is 43.6 Å². The van der Waals surface area contributed by atoms with Gasteiger partial charge in [-0.3, -0.25) is 4.99 Å². The first-order valence-corrected chi connectivity index (χ1v) is 9.00. The summed E-state index contributed by atoms with van der Waals surface area (Å²) in [6.45, 7) is 6.03. The zero-order valence-corrected chi connectivity index (χ0v) is 18.1. The first-order chi connectivity index (χ1) is 12.2. The van der Waals surface area contributed by atoms with Crippen molar-refractivity contribution in [3.8, 4) is 5.88 Å². The minimum atomic E-state index is -0.0547. The monoisotopic (exact) mass is 498 g/mol. The lowest BCUT2D eigenvalue weighted by Gasteiger charge is -2.24. The van der Waals surface area contributed by atoms with Gasteiger partial charge < -0.3 is 25.2 Å². The summed E-state index contributed by atoms with van der Waals surface area (Å²) in [6.07, 6.45) is 3.20. The molecule has 1 aliphatic rings. The van der Waals surface area contributed by atoms with Crippen LogP contribution < -0.4 is 15.4 Å². The van der Waals surface area contributed by atoms with Crippen molar-refractivity contribution < 1.29 is 14.6 Å². The van der Waals surface area contributed by atoms with Crippen molar-refractivity contribution in [3.63, 3.8) is 0 Å². The highest BCUT2D eigenvalue weighted by Gasteiger charge is 2.34. The van der Waals surface area contributed by atoms with Gasteiger partial charge in [-0.1, -0.05) is 11.6 Å². The van der Waals surface area contributed by atoms with Crippen LogP contribution in [0.15, 0.2) is 23.3 Å². The molecule has 0 amide bonds. The van der Waals surface area contributed by atoms with Crippen molar-refractivity contribution in [1.29, 1.82) is 0 Å². The molecule has 1 fully saturated rings. The van der Waals surface area contributed by atoms with Gasteiger partial charge in [0, 0.05) is 37.4 Å². The van der Waals surface area contributed by atoms with E-state index in [1.807, 2.05) is 6.92 Å². The van der Waals surface area contributed by atoms with Gasteiger partial charge in [0.05, 0.1) is 24.7 Å². The molecule has 26 heavy (non-hydrogen) atoms. The minimum Gasteiger partial charge on any atom is -0.476 e. The first-order valence-electron chi connectivity index (χ1n) is 8.62. The van der Waals surface area contributed by atoms with Gasteiger partial charge in [0.1, 0.15) is 6.61 Å². The number of aromatic nitrogens is 1. The molecule has 1 aromatic rings. The molecule has 0 bridgehead atoms. The fourth-order valence-corrected chi connectivity index (χ4v) is 2.76. The summed E-state index contributed by atoms with van der Waals surface area (Å²) in [5, 5.41) is 16.3. The maximum absolute atomic E-state index is 9.29. The molecular formula is C17H28ClIN4O3.